The molecule has 0 spiro atoms. The number of alkyl halides is 4. The van der Waals surface area contributed by atoms with E-state index in [1.807, 2.05) is 42.6 Å². The highest BCUT2D eigenvalue weighted by molar-refractivity contribution is 7.09. The van der Waals surface area contributed by atoms with E-state index in [1.165, 1.54) is 35.7 Å². The van der Waals surface area contributed by atoms with Gasteiger partial charge in [0.05, 0.1) is 23.8 Å². The van der Waals surface area contributed by atoms with Crippen LogP contribution in [0.25, 0.3) is 0 Å². The van der Waals surface area contributed by atoms with Gasteiger partial charge in [0.1, 0.15) is 11.7 Å². The summed E-state index contributed by atoms with van der Waals surface area (Å²) in [6.45, 7) is 1.46. The Kier molecular flexibility index (Phi) is 11.0. The number of likely N-dealkylation sites (tertiary alicyclic amines) is 1. The number of pyridine rings is 1. The molecule has 13 heteroatoms. The summed E-state index contributed by atoms with van der Waals surface area (Å²) in [7, 11) is 0. The molecule has 1 aliphatic rings. The number of hydrogen-bond acceptors (Lipinski definition) is 7. The number of halogens is 4. The minimum Gasteiger partial charge on any atom is -0.390 e. The molecular weight excluding hydrogens is 634 g/mol. The average molecular weight is 670 g/mol. The van der Waals surface area contributed by atoms with Crippen molar-refractivity contribution in [1.29, 1.82) is 0 Å². The Bertz CT molecular complexity index is 1680. The normalized spacial score (nSPS) is 16.2. The molecule has 2 aromatic heterocycles. The summed E-state index contributed by atoms with van der Waals surface area (Å²) >= 11 is 1.49. The van der Waals surface area contributed by atoms with Crippen LogP contribution in [0.5, 0.6) is 0 Å². The van der Waals surface area contributed by atoms with Crippen LogP contribution in [0.3, 0.4) is 0 Å². The summed E-state index contributed by atoms with van der Waals surface area (Å²) in [4.78, 5) is 37.2. The van der Waals surface area contributed by atoms with Crippen molar-refractivity contribution in [3.63, 3.8) is 0 Å². The van der Waals surface area contributed by atoms with Crippen LogP contribution in [-0.2, 0) is 25.8 Å². The van der Waals surface area contributed by atoms with E-state index in [4.69, 9.17) is 0 Å². The molecule has 0 aliphatic carbocycles. The van der Waals surface area contributed by atoms with Crippen LogP contribution in [-0.4, -0.2) is 57.0 Å². The predicted octanol–water partition coefficient (Wildman–Crippen LogP) is 5.80. The minimum absolute atomic E-state index is 0.00204. The fraction of sp³-hybridized carbons (Fsp3) is 0.353. The molecule has 3 heterocycles. The van der Waals surface area contributed by atoms with Crippen molar-refractivity contribution in [3.05, 3.63) is 116 Å². The van der Waals surface area contributed by atoms with Crippen molar-refractivity contribution in [2.24, 2.45) is 0 Å². The van der Waals surface area contributed by atoms with Crippen molar-refractivity contribution in [2.45, 2.75) is 63.8 Å². The van der Waals surface area contributed by atoms with Gasteiger partial charge in [0.25, 0.3) is 11.8 Å². The number of thiazole rings is 1. The predicted molar refractivity (Wildman–Crippen MR) is 169 cm³/mol. The highest BCUT2D eigenvalue weighted by Crippen LogP contribution is 2.35. The van der Waals surface area contributed by atoms with E-state index in [-0.39, 0.29) is 53.7 Å². The average Bonchev–Trinajstić information content (AvgIpc) is 3.73. The van der Waals surface area contributed by atoms with E-state index < -0.39 is 36.5 Å². The maximum Gasteiger partial charge on any atom is 0.417 e. The third-order valence-corrected chi connectivity index (χ3v) is 9.04. The number of hydrogen-bond donors (Lipinski definition) is 3. The van der Waals surface area contributed by atoms with Gasteiger partial charge < -0.3 is 20.6 Å². The zero-order valence-corrected chi connectivity index (χ0v) is 26.5. The number of rotatable bonds is 12. The molecule has 2 aromatic carbocycles. The molecule has 1 saturated heterocycles. The number of carbonyl (C=O) groups excluding carboxylic acids is 2. The Labute approximate surface area is 273 Å². The van der Waals surface area contributed by atoms with Gasteiger partial charge in [-0.15, -0.1) is 11.3 Å². The lowest BCUT2D eigenvalue weighted by atomic mass is 9.99. The number of aliphatic hydroxyl groups excluding tert-OH is 1. The summed E-state index contributed by atoms with van der Waals surface area (Å²) in [5.41, 5.74) is 1.51. The molecule has 2 amide bonds. The van der Waals surface area contributed by atoms with Crippen LogP contribution < -0.4 is 10.6 Å². The van der Waals surface area contributed by atoms with E-state index >= 15 is 0 Å². The first-order valence-electron chi connectivity index (χ1n) is 15.2. The minimum atomic E-state index is -4.53. The lowest BCUT2D eigenvalue weighted by Gasteiger charge is -2.26. The molecule has 1 aliphatic heterocycles. The maximum atomic E-state index is 14.0. The zero-order chi connectivity index (χ0) is 33.6. The fourth-order valence-corrected chi connectivity index (χ4v) is 6.57. The molecule has 0 radical (unpaired) electrons. The third-order valence-electron chi connectivity index (χ3n) is 7.98. The second-order valence-electron chi connectivity index (χ2n) is 11.6. The quantitative estimate of drug-likeness (QED) is 0.165. The van der Waals surface area contributed by atoms with E-state index in [0.29, 0.717) is 6.54 Å². The van der Waals surface area contributed by atoms with Crippen molar-refractivity contribution in [1.82, 2.24) is 25.5 Å². The molecule has 3 N–H and O–H groups in total. The van der Waals surface area contributed by atoms with Crippen LogP contribution in [0.1, 0.15) is 72.6 Å². The SMILES string of the molecule is Cc1csc([C@H]2CCCN2C(=O)c2cc(CF)cc(C(=O)N[C@@H](Cc3ccccc3)[C@@H](O)CNCc3cncc(C(F)(F)F)c3)c2)n1. The zero-order valence-electron chi connectivity index (χ0n) is 25.6. The Morgan fingerprint density at radius 2 is 1.83 bits per heavy atom. The summed E-state index contributed by atoms with van der Waals surface area (Å²) in [6.07, 6.45) is -1.86. The van der Waals surface area contributed by atoms with Gasteiger partial charge in [-0.25, -0.2) is 9.37 Å². The molecular formula is C34H35F4N5O3S. The van der Waals surface area contributed by atoms with Gasteiger partial charge in [0.15, 0.2) is 0 Å². The molecule has 0 bridgehead atoms. The Balaban J connectivity index is 1.31. The fourth-order valence-electron chi connectivity index (χ4n) is 5.63. The number of aryl methyl sites for hydroxylation is 1. The molecule has 1 fully saturated rings. The summed E-state index contributed by atoms with van der Waals surface area (Å²) in [6, 6.07) is 13.4. The highest BCUT2D eigenvalue weighted by Gasteiger charge is 2.33. The van der Waals surface area contributed by atoms with Gasteiger partial charge in [-0.1, -0.05) is 30.3 Å². The topological polar surface area (TPSA) is 107 Å². The second-order valence-corrected chi connectivity index (χ2v) is 12.5. The van der Waals surface area contributed by atoms with Crippen molar-refractivity contribution >= 4 is 23.2 Å². The molecule has 4 aromatic rings. The molecule has 3 atom stereocenters. The van der Waals surface area contributed by atoms with Crippen LogP contribution in [0.2, 0.25) is 0 Å². The number of aliphatic hydroxyl groups is 1. The van der Waals surface area contributed by atoms with Gasteiger partial charge in [-0.2, -0.15) is 13.2 Å². The first kappa shape index (κ1) is 34.1. The molecule has 0 unspecified atom stereocenters. The van der Waals surface area contributed by atoms with Gasteiger partial charge in [0, 0.05) is 54.2 Å². The molecule has 5 rings (SSSR count). The van der Waals surface area contributed by atoms with Gasteiger partial charge >= 0.3 is 6.18 Å². The van der Waals surface area contributed by atoms with Crippen LogP contribution in [0, 0.1) is 6.92 Å². The van der Waals surface area contributed by atoms with Gasteiger partial charge in [-0.05, 0) is 67.1 Å². The lowest BCUT2D eigenvalue weighted by Crippen LogP contribution is -2.48. The largest absolute Gasteiger partial charge is 0.417 e. The highest BCUT2D eigenvalue weighted by atomic mass is 32.1. The van der Waals surface area contributed by atoms with Crippen molar-refractivity contribution in [3.8, 4) is 0 Å². The molecule has 8 nitrogen and oxygen atoms in total. The van der Waals surface area contributed by atoms with Gasteiger partial charge in [-0.3, -0.25) is 14.6 Å². The summed E-state index contributed by atoms with van der Waals surface area (Å²) in [5.74, 6) is -0.927. The van der Waals surface area contributed by atoms with Crippen LogP contribution in [0.4, 0.5) is 17.6 Å². The second kappa shape index (κ2) is 15.1. The summed E-state index contributed by atoms with van der Waals surface area (Å²) in [5, 5.41) is 19.7. The summed E-state index contributed by atoms with van der Waals surface area (Å²) < 4.78 is 53.3. The first-order valence-corrected chi connectivity index (χ1v) is 16.1. The van der Waals surface area contributed by atoms with Crippen LogP contribution >= 0.6 is 11.3 Å². The number of benzene rings is 2. The molecule has 0 saturated carbocycles. The number of amides is 2. The first-order chi connectivity index (χ1) is 22.5. The lowest BCUT2D eigenvalue weighted by molar-refractivity contribution is -0.137. The number of nitrogens with one attached hydrogen (secondary N) is 2. The van der Waals surface area contributed by atoms with E-state index in [1.54, 1.807) is 4.90 Å². The number of carbonyl (C=O) groups is 2. The molecule has 47 heavy (non-hydrogen) atoms. The smallest absolute Gasteiger partial charge is 0.390 e. The van der Waals surface area contributed by atoms with Crippen LogP contribution in [0.15, 0.2) is 72.4 Å². The maximum absolute atomic E-state index is 14.0. The standard InChI is InChI=1S/C34H35F4N5O3S/c1-21-20-47-32(41-21)29-8-5-9-43(29)33(46)26-11-23(15-35)10-25(14-26)31(45)42-28(13-22-6-3-2-4-7-22)30(44)19-40-17-24-12-27(18-39-16-24)34(36,37)38/h2-4,6-7,10-12,14,16,18,20,28-30,40,44H,5,8-9,13,15,17,19H2,1H3,(H,42,45)/t28-,29+,30-/m0/s1. The number of nitrogens with zero attached hydrogens (tertiary/aromatic N) is 3. The van der Waals surface area contributed by atoms with Crippen molar-refractivity contribution < 1.29 is 32.3 Å². The monoisotopic (exact) mass is 669 g/mol. The van der Waals surface area contributed by atoms with E-state index in [9.17, 15) is 32.3 Å². The van der Waals surface area contributed by atoms with Gasteiger partial charge in [0.2, 0.25) is 0 Å². The molecule has 248 valence electrons. The van der Waals surface area contributed by atoms with Crippen molar-refractivity contribution in [2.75, 3.05) is 13.1 Å². The van der Waals surface area contributed by atoms with E-state index in [0.717, 1.165) is 41.4 Å². The Morgan fingerprint density at radius 1 is 1.06 bits per heavy atom. The third kappa shape index (κ3) is 8.79. The number of aromatic nitrogens is 2. The van der Waals surface area contributed by atoms with E-state index in [2.05, 4.69) is 20.6 Å². The Hall–Kier alpha value is -4.20. The Morgan fingerprint density at radius 3 is 2.53 bits per heavy atom.